The number of aryl methyl sites for hydroxylation is 2. The van der Waals surface area contributed by atoms with E-state index in [1.54, 1.807) is 12.1 Å². The number of aromatic nitrogens is 2. The van der Waals surface area contributed by atoms with Gasteiger partial charge in [-0.25, -0.2) is 9.37 Å². The van der Waals surface area contributed by atoms with Crippen molar-refractivity contribution in [3.05, 3.63) is 64.1 Å². The van der Waals surface area contributed by atoms with Crippen molar-refractivity contribution >= 4 is 38.6 Å². The van der Waals surface area contributed by atoms with E-state index in [0.717, 1.165) is 39.9 Å². The standard InChI is InChI=1S/C16H13BrClFN2/c17-12-4-5-14-15(9-12)21(16(10-18)20-14)7-6-11-2-1-3-13(19)8-11/h1-5,8-9H,6-7,10H2. The van der Waals surface area contributed by atoms with Crippen molar-refractivity contribution in [1.82, 2.24) is 9.55 Å². The minimum atomic E-state index is -0.205. The summed E-state index contributed by atoms with van der Waals surface area (Å²) in [7, 11) is 0. The van der Waals surface area contributed by atoms with Gasteiger partial charge in [-0.2, -0.15) is 0 Å². The highest BCUT2D eigenvalue weighted by Crippen LogP contribution is 2.22. The molecule has 0 aliphatic heterocycles. The highest BCUT2D eigenvalue weighted by Gasteiger charge is 2.10. The number of halogens is 3. The van der Waals surface area contributed by atoms with Crippen LogP contribution in [0.3, 0.4) is 0 Å². The third kappa shape index (κ3) is 3.11. The summed E-state index contributed by atoms with van der Waals surface area (Å²) < 4.78 is 16.3. The molecule has 1 aromatic heterocycles. The van der Waals surface area contributed by atoms with Gasteiger partial charge >= 0.3 is 0 Å². The van der Waals surface area contributed by atoms with E-state index in [1.807, 2.05) is 24.3 Å². The molecule has 0 radical (unpaired) electrons. The minimum Gasteiger partial charge on any atom is -0.327 e. The molecule has 2 aromatic carbocycles. The lowest BCUT2D eigenvalue weighted by Gasteiger charge is -2.08. The van der Waals surface area contributed by atoms with E-state index in [-0.39, 0.29) is 5.82 Å². The molecule has 5 heteroatoms. The maximum atomic E-state index is 13.2. The molecule has 0 fully saturated rings. The Balaban J connectivity index is 1.93. The lowest BCUT2D eigenvalue weighted by Crippen LogP contribution is -2.05. The molecule has 0 atom stereocenters. The van der Waals surface area contributed by atoms with Gasteiger partial charge in [-0.3, -0.25) is 0 Å². The zero-order valence-electron chi connectivity index (χ0n) is 11.2. The van der Waals surface area contributed by atoms with E-state index in [2.05, 4.69) is 25.5 Å². The van der Waals surface area contributed by atoms with E-state index in [9.17, 15) is 4.39 Å². The predicted molar refractivity (Wildman–Crippen MR) is 87.1 cm³/mol. The van der Waals surface area contributed by atoms with Crippen LogP contribution >= 0.6 is 27.5 Å². The molecular weight excluding hydrogens is 355 g/mol. The summed E-state index contributed by atoms with van der Waals surface area (Å²) in [6, 6.07) is 12.6. The average molecular weight is 368 g/mol. The van der Waals surface area contributed by atoms with Crippen LogP contribution in [0.15, 0.2) is 46.9 Å². The van der Waals surface area contributed by atoms with Crippen molar-refractivity contribution < 1.29 is 4.39 Å². The first-order valence-electron chi connectivity index (χ1n) is 6.62. The topological polar surface area (TPSA) is 17.8 Å². The van der Waals surface area contributed by atoms with Crippen LogP contribution in [-0.2, 0) is 18.8 Å². The smallest absolute Gasteiger partial charge is 0.124 e. The van der Waals surface area contributed by atoms with Gasteiger partial charge in [0.05, 0.1) is 16.9 Å². The highest BCUT2D eigenvalue weighted by molar-refractivity contribution is 9.10. The van der Waals surface area contributed by atoms with E-state index < -0.39 is 0 Å². The lowest BCUT2D eigenvalue weighted by molar-refractivity contribution is 0.621. The molecule has 1 heterocycles. The van der Waals surface area contributed by atoms with Crippen LogP contribution in [0.25, 0.3) is 11.0 Å². The van der Waals surface area contributed by atoms with Gasteiger partial charge in [0.1, 0.15) is 11.6 Å². The first-order chi connectivity index (χ1) is 10.2. The molecule has 0 N–H and O–H groups in total. The largest absolute Gasteiger partial charge is 0.327 e. The number of imidazole rings is 1. The zero-order valence-corrected chi connectivity index (χ0v) is 13.5. The normalized spacial score (nSPS) is 11.2. The number of hydrogen-bond acceptors (Lipinski definition) is 1. The number of fused-ring (bicyclic) bond motifs is 1. The average Bonchev–Trinajstić information content (AvgIpc) is 2.82. The van der Waals surface area contributed by atoms with Crippen molar-refractivity contribution in [2.24, 2.45) is 0 Å². The zero-order chi connectivity index (χ0) is 14.8. The summed E-state index contributed by atoms with van der Waals surface area (Å²) in [4.78, 5) is 4.54. The molecule has 3 rings (SSSR count). The van der Waals surface area contributed by atoms with E-state index in [4.69, 9.17) is 11.6 Å². The van der Waals surface area contributed by atoms with Crippen LogP contribution in [0.2, 0.25) is 0 Å². The van der Waals surface area contributed by atoms with Gasteiger partial charge in [0.2, 0.25) is 0 Å². The second-order valence-corrected chi connectivity index (χ2v) is 6.01. The predicted octanol–water partition coefficient (Wildman–Crippen LogP) is 4.92. The van der Waals surface area contributed by atoms with Crippen molar-refractivity contribution in [2.45, 2.75) is 18.8 Å². The van der Waals surface area contributed by atoms with Gasteiger partial charge in [0.25, 0.3) is 0 Å². The molecule has 0 aliphatic rings. The Morgan fingerprint density at radius 3 is 2.81 bits per heavy atom. The van der Waals surface area contributed by atoms with Crippen molar-refractivity contribution in [1.29, 1.82) is 0 Å². The second kappa shape index (κ2) is 6.16. The Bertz CT molecular complexity index is 785. The van der Waals surface area contributed by atoms with Gasteiger partial charge in [0.15, 0.2) is 0 Å². The Morgan fingerprint density at radius 1 is 1.19 bits per heavy atom. The summed E-state index contributed by atoms with van der Waals surface area (Å²) in [6.07, 6.45) is 0.736. The van der Waals surface area contributed by atoms with Crippen molar-refractivity contribution in [3.63, 3.8) is 0 Å². The number of hydrogen-bond donors (Lipinski definition) is 0. The summed E-state index contributed by atoms with van der Waals surface area (Å²) in [6.45, 7) is 0.721. The third-order valence-corrected chi connectivity index (χ3v) is 4.15. The Labute approximate surface area is 135 Å². The quantitative estimate of drug-likeness (QED) is 0.599. The van der Waals surface area contributed by atoms with Gasteiger partial charge < -0.3 is 4.57 Å². The van der Waals surface area contributed by atoms with E-state index in [0.29, 0.717) is 5.88 Å². The lowest BCUT2D eigenvalue weighted by atomic mass is 10.1. The van der Waals surface area contributed by atoms with Gasteiger partial charge in [-0.15, -0.1) is 11.6 Å². The summed E-state index contributed by atoms with van der Waals surface area (Å²) in [5.74, 6) is 0.986. The SMILES string of the molecule is Fc1cccc(CCn2c(CCl)nc3ccc(Br)cc32)c1. The highest BCUT2D eigenvalue weighted by atomic mass is 79.9. The molecule has 0 spiro atoms. The van der Waals surface area contributed by atoms with Gasteiger partial charge in [-0.05, 0) is 42.3 Å². The van der Waals surface area contributed by atoms with Crippen LogP contribution in [0.1, 0.15) is 11.4 Å². The summed E-state index contributed by atoms with van der Waals surface area (Å²) in [5.41, 5.74) is 2.93. The number of rotatable bonds is 4. The van der Waals surface area contributed by atoms with Crippen LogP contribution < -0.4 is 0 Å². The molecule has 0 amide bonds. The monoisotopic (exact) mass is 366 g/mol. The molecule has 108 valence electrons. The third-order valence-electron chi connectivity index (χ3n) is 3.42. The first kappa shape index (κ1) is 14.5. The second-order valence-electron chi connectivity index (χ2n) is 4.83. The maximum Gasteiger partial charge on any atom is 0.124 e. The fourth-order valence-electron chi connectivity index (χ4n) is 2.43. The molecule has 2 nitrogen and oxygen atoms in total. The molecule has 21 heavy (non-hydrogen) atoms. The molecular formula is C16H13BrClFN2. The fourth-order valence-corrected chi connectivity index (χ4v) is 2.98. The summed E-state index contributed by atoms with van der Waals surface area (Å²) >= 11 is 9.47. The fraction of sp³-hybridized carbons (Fsp3) is 0.188. The van der Waals surface area contributed by atoms with Gasteiger partial charge in [0, 0.05) is 11.0 Å². The Morgan fingerprint density at radius 2 is 2.05 bits per heavy atom. The Kier molecular flexibility index (Phi) is 4.27. The molecule has 0 aliphatic carbocycles. The van der Waals surface area contributed by atoms with Crippen LogP contribution in [0.4, 0.5) is 4.39 Å². The van der Waals surface area contributed by atoms with Crippen molar-refractivity contribution in [2.75, 3.05) is 0 Å². The molecule has 0 saturated carbocycles. The van der Waals surface area contributed by atoms with Crippen LogP contribution in [-0.4, -0.2) is 9.55 Å². The van der Waals surface area contributed by atoms with E-state index in [1.165, 1.54) is 6.07 Å². The van der Waals surface area contributed by atoms with Crippen LogP contribution in [0.5, 0.6) is 0 Å². The maximum absolute atomic E-state index is 13.2. The van der Waals surface area contributed by atoms with Crippen molar-refractivity contribution in [3.8, 4) is 0 Å². The van der Waals surface area contributed by atoms with Crippen LogP contribution in [0, 0.1) is 5.82 Å². The Hall–Kier alpha value is -1.39. The first-order valence-corrected chi connectivity index (χ1v) is 7.95. The minimum absolute atomic E-state index is 0.205. The molecule has 0 unspecified atom stereocenters. The number of benzene rings is 2. The molecule has 0 bridgehead atoms. The molecule has 3 aromatic rings. The number of alkyl halides is 1. The van der Waals surface area contributed by atoms with E-state index >= 15 is 0 Å². The summed E-state index contributed by atoms with van der Waals surface area (Å²) in [5, 5.41) is 0. The molecule has 0 saturated heterocycles. The number of nitrogens with zero attached hydrogens (tertiary/aromatic N) is 2. The van der Waals surface area contributed by atoms with Gasteiger partial charge in [-0.1, -0.05) is 28.1 Å².